The van der Waals surface area contributed by atoms with Crippen LogP contribution in [0.1, 0.15) is 29.6 Å². The van der Waals surface area contributed by atoms with Crippen molar-refractivity contribution in [3.05, 3.63) is 29.8 Å². The molecule has 1 amide bonds. The van der Waals surface area contributed by atoms with Gasteiger partial charge in [-0.3, -0.25) is 9.69 Å². The Hall–Kier alpha value is -1.67. The molecule has 2 fully saturated rings. The minimum Gasteiger partial charge on any atom is -0.497 e. The average molecular weight is 364 g/mol. The number of methoxy groups -OCH3 is 1. The lowest BCUT2D eigenvalue weighted by Crippen LogP contribution is -2.52. The summed E-state index contributed by atoms with van der Waals surface area (Å²) in [5, 5.41) is 22.9. The Morgan fingerprint density at radius 1 is 1.23 bits per heavy atom. The molecule has 0 radical (unpaired) electrons. The highest BCUT2D eigenvalue weighted by atomic mass is 16.5. The molecule has 1 aromatic carbocycles. The molecule has 2 aliphatic heterocycles. The molecule has 4 atom stereocenters. The third-order valence-electron chi connectivity index (χ3n) is 5.27. The van der Waals surface area contributed by atoms with Crippen LogP contribution >= 0.6 is 0 Å². The fourth-order valence-corrected chi connectivity index (χ4v) is 3.85. The number of benzene rings is 1. The highest BCUT2D eigenvalue weighted by molar-refractivity contribution is 5.94. The van der Waals surface area contributed by atoms with Gasteiger partial charge in [-0.05, 0) is 50.2 Å². The molecule has 2 heterocycles. The van der Waals surface area contributed by atoms with E-state index in [0.29, 0.717) is 17.9 Å². The van der Waals surface area contributed by atoms with Crippen LogP contribution in [0.25, 0.3) is 0 Å². The quantitative estimate of drug-likeness (QED) is 0.677. The Bertz CT molecular complexity index is 588. The number of aliphatic hydroxyl groups excluding tert-OH is 2. The third kappa shape index (κ3) is 4.17. The van der Waals surface area contributed by atoms with E-state index in [1.165, 1.54) is 6.42 Å². The summed E-state index contributed by atoms with van der Waals surface area (Å²) in [7, 11) is 1.58. The number of rotatable bonds is 6. The zero-order valence-electron chi connectivity index (χ0n) is 15.1. The lowest BCUT2D eigenvalue weighted by molar-refractivity contribution is -0.0209. The summed E-state index contributed by atoms with van der Waals surface area (Å²) in [5.41, 5.74) is 0.539. The SMILES string of the molecule is COc1ccc(C(=O)NC[C@H]2O[C@@H](CO)[C@@H](O)[C@H]2N2CCCCC2)cc1. The van der Waals surface area contributed by atoms with Crippen LogP contribution < -0.4 is 10.1 Å². The van der Waals surface area contributed by atoms with Crippen molar-refractivity contribution in [2.45, 2.75) is 43.6 Å². The van der Waals surface area contributed by atoms with Crippen LogP contribution in [0.15, 0.2) is 24.3 Å². The summed E-state index contributed by atoms with van der Waals surface area (Å²) < 4.78 is 10.9. The van der Waals surface area contributed by atoms with Crippen molar-refractivity contribution >= 4 is 5.91 Å². The summed E-state index contributed by atoms with van der Waals surface area (Å²) in [6.45, 7) is 1.88. The van der Waals surface area contributed by atoms with Gasteiger partial charge >= 0.3 is 0 Å². The number of nitrogens with zero attached hydrogens (tertiary/aromatic N) is 1. The van der Waals surface area contributed by atoms with E-state index in [1.54, 1.807) is 31.4 Å². The van der Waals surface area contributed by atoms with Gasteiger partial charge in [0.2, 0.25) is 0 Å². The van der Waals surface area contributed by atoms with Crippen LogP contribution in [-0.2, 0) is 4.74 Å². The van der Waals surface area contributed by atoms with Crippen molar-refractivity contribution in [1.82, 2.24) is 10.2 Å². The van der Waals surface area contributed by atoms with Crippen LogP contribution in [0, 0.1) is 0 Å². The van der Waals surface area contributed by atoms with Crippen LogP contribution in [0.2, 0.25) is 0 Å². The Morgan fingerprint density at radius 2 is 1.92 bits per heavy atom. The number of ether oxygens (including phenoxy) is 2. The maximum atomic E-state index is 12.4. The van der Waals surface area contributed by atoms with Gasteiger partial charge in [0, 0.05) is 12.1 Å². The zero-order chi connectivity index (χ0) is 18.5. The maximum Gasteiger partial charge on any atom is 0.251 e. The van der Waals surface area contributed by atoms with Crippen molar-refractivity contribution in [2.24, 2.45) is 0 Å². The van der Waals surface area contributed by atoms with Crippen molar-refractivity contribution in [3.63, 3.8) is 0 Å². The first-order chi connectivity index (χ1) is 12.6. The number of carbonyl (C=O) groups excluding carboxylic acids is 1. The number of likely N-dealkylation sites (tertiary alicyclic amines) is 1. The van der Waals surface area contributed by atoms with E-state index in [0.717, 1.165) is 25.9 Å². The molecule has 2 saturated heterocycles. The molecule has 7 heteroatoms. The predicted molar refractivity (Wildman–Crippen MR) is 96.3 cm³/mol. The van der Waals surface area contributed by atoms with E-state index in [1.807, 2.05) is 0 Å². The number of amides is 1. The van der Waals surface area contributed by atoms with Gasteiger partial charge in [-0.2, -0.15) is 0 Å². The van der Waals surface area contributed by atoms with Gasteiger partial charge in [0.1, 0.15) is 18.0 Å². The molecule has 7 nitrogen and oxygen atoms in total. The average Bonchev–Trinajstić information content (AvgIpc) is 3.02. The molecule has 2 aliphatic rings. The Kier molecular flexibility index (Phi) is 6.48. The Labute approximate surface area is 153 Å². The van der Waals surface area contributed by atoms with Crippen molar-refractivity contribution < 1.29 is 24.5 Å². The van der Waals surface area contributed by atoms with Crippen LogP contribution in [0.4, 0.5) is 0 Å². The molecule has 3 rings (SSSR count). The van der Waals surface area contributed by atoms with Crippen LogP contribution in [0.5, 0.6) is 5.75 Å². The van der Waals surface area contributed by atoms with Crippen LogP contribution in [-0.4, -0.2) is 78.7 Å². The van der Waals surface area contributed by atoms with Crippen molar-refractivity contribution in [2.75, 3.05) is 33.4 Å². The standard InChI is InChI=1S/C19H28N2O5/c1-25-14-7-5-13(6-8-14)19(24)20-11-15-17(18(23)16(12-22)26-15)21-9-3-2-4-10-21/h5-8,15-18,22-23H,2-4,9-12H2,1H3,(H,20,24)/t15-,16+,17+,18-/m1/s1. The molecule has 0 aromatic heterocycles. The lowest BCUT2D eigenvalue weighted by atomic mass is 9.99. The molecular weight excluding hydrogens is 336 g/mol. The van der Waals surface area contributed by atoms with Crippen molar-refractivity contribution in [3.8, 4) is 5.75 Å². The largest absolute Gasteiger partial charge is 0.497 e. The molecule has 0 saturated carbocycles. The Morgan fingerprint density at radius 3 is 2.54 bits per heavy atom. The summed E-state index contributed by atoms with van der Waals surface area (Å²) in [5.74, 6) is 0.496. The second-order valence-electron chi connectivity index (χ2n) is 6.91. The second-order valence-corrected chi connectivity index (χ2v) is 6.91. The minimum atomic E-state index is -0.749. The summed E-state index contributed by atoms with van der Waals surface area (Å²) in [6, 6.07) is 6.68. The van der Waals surface area contributed by atoms with E-state index < -0.39 is 12.2 Å². The first-order valence-corrected chi connectivity index (χ1v) is 9.24. The number of piperidine rings is 1. The van der Waals surface area contributed by atoms with E-state index in [4.69, 9.17) is 9.47 Å². The predicted octanol–water partition coefficient (Wildman–Crippen LogP) is 0.400. The molecule has 0 spiro atoms. The van der Waals surface area contributed by atoms with Gasteiger partial charge < -0.3 is 25.0 Å². The first-order valence-electron chi connectivity index (χ1n) is 9.24. The molecule has 144 valence electrons. The lowest BCUT2D eigenvalue weighted by Gasteiger charge is -2.36. The van der Waals surface area contributed by atoms with E-state index in [2.05, 4.69) is 10.2 Å². The minimum absolute atomic E-state index is 0.199. The fraction of sp³-hybridized carbons (Fsp3) is 0.632. The summed E-state index contributed by atoms with van der Waals surface area (Å²) in [6.07, 6.45) is 1.69. The number of aliphatic hydroxyl groups is 2. The normalized spacial score (nSPS) is 29.5. The van der Waals surface area contributed by atoms with E-state index in [-0.39, 0.29) is 24.7 Å². The summed E-state index contributed by atoms with van der Waals surface area (Å²) in [4.78, 5) is 14.6. The smallest absolute Gasteiger partial charge is 0.251 e. The highest BCUT2D eigenvalue weighted by Crippen LogP contribution is 2.28. The third-order valence-corrected chi connectivity index (χ3v) is 5.27. The molecule has 3 N–H and O–H groups in total. The van der Waals surface area contributed by atoms with E-state index in [9.17, 15) is 15.0 Å². The molecule has 0 aliphatic carbocycles. The monoisotopic (exact) mass is 364 g/mol. The molecular formula is C19H28N2O5. The molecule has 26 heavy (non-hydrogen) atoms. The number of nitrogens with one attached hydrogen (secondary N) is 1. The van der Waals surface area contributed by atoms with Crippen molar-refractivity contribution in [1.29, 1.82) is 0 Å². The maximum absolute atomic E-state index is 12.4. The molecule has 0 bridgehead atoms. The van der Waals surface area contributed by atoms with Gasteiger partial charge in [0.15, 0.2) is 0 Å². The van der Waals surface area contributed by atoms with Gasteiger partial charge in [0.05, 0.1) is 25.9 Å². The van der Waals surface area contributed by atoms with Gasteiger partial charge in [0.25, 0.3) is 5.91 Å². The van der Waals surface area contributed by atoms with Gasteiger partial charge in [-0.1, -0.05) is 6.42 Å². The number of hydrogen-bond donors (Lipinski definition) is 3. The zero-order valence-corrected chi connectivity index (χ0v) is 15.1. The number of carbonyl (C=O) groups is 1. The van der Waals surface area contributed by atoms with Crippen LogP contribution in [0.3, 0.4) is 0 Å². The topological polar surface area (TPSA) is 91.3 Å². The molecule has 0 unspecified atom stereocenters. The first kappa shape index (κ1) is 19.1. The molecule has 1 aromatic rings. The fourth-order valence-electron chi connectivity index (χ4n) is 3.85. The number of hydrogen-bond acceptors (Lipinski definition) is 6. The Balaban J connectivity index is 1.62. The van der Waals surface area contributed by atoms with Gasteiger partial charge in [-0.25, -0.2) is 0 Å². The highest BCUT2D eigenvalue weighted by Gasteiger charge is 2.46. The van der Waals surface area contributed by atoms with Gasteiger partial charge in [-0.15, -0.1) is 0 Å². The second kappa shape index (κ2) is 8.81. The van der Waals surface area contributed by atoms with E-state index >= 15 is 0 Å². The summed E-state index contributed by atoms with van der Waals surface area (Å²) >= 11 is 0.